The lowest BCUT2D eigenvalue weighted by atomic mass is 10.1. The second kappa shape index (κ2) is 23.6. The van der Waals surface area contributed by atoms with E-state index in [2.05, 4.69) is 85.5 Å². The number of carbonyl (C=O) groups excluding carboxylic acids is 2. The van der Waals surface area contributed by atoms with Gasteiger partial charge in [-0.1, -0.05) is 24.3 Å². The summed E-state index contributed by atoms with van der Waals surface area (Å²) in [6, 6.07) is 20.1. The molecule has 9 aromatic rings. The Hall–Kier alpha value is -10.1. The number of carbonyl (C=O) groups is 2. The Morgan fingerprint density at radius 1 is 0.576 bits per heavy atom. The van der Waals surface area contributed by atoms with Crippen molar-refractivity contribution in [3.05, 3.63) is 149 Å². The number of piperazine rings is 1. The van der Waals surface area contributed by atoms with E-state index in [1.165, 1.54) is 30.9 Å². The smallest absolute Gasteiger partial charge is 0.382 e. The van der Waals surface area contributed by atoms with E-state index in [1.807, 2.05) is 16.7 Å². The van der Waals surface area contributed by atoms with E-state index in [1.54, 1.807) is 54.9 Å². The van der Waals surface area contributed by atoms with Gasteiger partial charge in [0.1, 0.15) is 34.7 Å². The van der Waals surface area contributed by atoms with Crippen LogP contribution in [-0.4, -0.2) is 113 Å². The quantitative estimate of drug-likeness (QED) is 0.0500. The maximum atomic E-state index is 13.8. The maximum absolute atomic E-state index is 13.8. The molecular formula is C57H54F6N20O2. The SMILES string of the molecule is Cc1ccc(NC(=O)c2cccc(C(F)(F)F)c2)cc1Nc1ncnc2c(NCc3ccc(NC(=O)c4cccc(C(F)(F)F)c4)cc3Nc3ncnc4c(N)nc(N5CC(C)NC(C)C5)nc34)nc(N3CCCN(c4ncccn4)CC3)nc12. The summed E-state index contributed by atoms with van der Waals surface area (Å²) in [4.78, 5) is 80.0. The Labute approximate surface area is 481 Å². The highest BCUT2D eigenvalue weighted by Gasteiger charge is 2.33. The van der Waals surface area contributed by atoms with Gasteiger partial charge >= 0.3 is 12.4 Å². The molecule has 2 atom stereocenters. The predicted molar refractivity (Wildman–Crippen MR) is 310 cm³/mol. The Bertz CT molecular complexity index is 3960. The molecule has 5 aromatic heterocycles. The van der Waals surface area contributed by atoms with Crippen molar-refractivity contribution in [2.45, 2.75) is 58.2 Å². The summed E-state index contributed by atoms with van der Waals surface area (Å²) >= 11 is 0. The number of hydrogen-bond donors (Lipinski definition) is 7. The average molecular weight is 1170 g/mol. The van der Waals surface area contributed by atoms with Crippen molar-refractivity contribution < 1.29 is 35.9 Å². The van der Waals surface area contributed by atoms with Crippen LogP contribution >= 0.6 is 0 Å². The van der Waals surface area contributed by atoms with E-state index in [-0.39, 0.29) is 75.4 Å². The van der Waals surface area contributed by atoms with Gasteiger partial charge in [0.25, 0.3) is 11.8 Å². The highest BCUT2D eigenvalue weighted by atomic mass is 19.4. The number of hydrogen-bond acceptors (Lipinski definition) is 20. The van der Waals surface area contributed by atoms with E-state index in [4.69, 9.17) is 20.7 Å². The first-order chi connectivity index (χ1) is 40.8. The molecule has 0 spiro atoms. The third-order valence-corrected chi connectivity index (χ3v) is 14.1. The van der Waals surface area contributed by atoms with Gasteiger partial charge in [0.15, 0.2) is 23.3 Å². The number of nitrogens with zero attached hydrogens (tertiary/aromatic N) is 13. The molecule has 0 aliphatic carbocycles. The van der Waals surface area contributed by atoms with E-state index in [9.17, 15) is 35.9 Å². The van der Waals surface area contributed by atoms with E-state index in [0.29, 0.717) is 91.5 Å². The highest BCUT2D eigenvalue weighted by molar-refractivity contribution is 6.06. The van der Waals surface area contributed by atoms with Crippen molar-refractivity contribution in [1.29, 1.82) is 0 Å². The molecule has 2 unspecified atom stereocenters. The zero-order chi connectivity index (χ0) is 59.6. The molecule has 2 saturated heterocycles. The zero-order valence-electron chi connectivity index (χ0n) is 45.8. The van der Waals surface area contributed by atoms with Crippen molar-refractivity contribution in [3.63, 3.8) is 0 Å². The molecule has 0 saturated carbocycles. The molecule has 85 heavy (non-hydrogen) atoms. The van der Waals surface area contributed by atoms with Crippen LogP contribution in [0.2, 0.25) is 0 Å². The van der Waals surface area contributed by atoms with Crippen molar-refractivity contribution in [1.82, 2.24) is 55.2 Å². The lowest BCUT2D eigenvalue weighted by Crippen LogP contribution is -2.54. The van der Waals surface area contributed by atoms with E-state index < -0.39 is 35.3 Å². The third kappa shape index (κ3) is 12.9. The first kappa shape index (κ1) is 56.7. The Balaban J connectivity index is 0.956. The number of nitrogens with one attached hydrogen (secondary N) is 6. The fourth-order valence-electron chi connectivity index (χ4n) is 10.0. The minimum absolute atomic E-state index is 0.0241. The van der Waals surface area contributed by atoms with Crippen LogP contribution in [0.5, 0.6) is 0 Å². The van der Waals surface area contributed by atoms with Gasteiger partial charge in [-0.15, -0.1) is 0 Å². The highest BCUT2D eigenvalue weighted by Crippen LogP contribution is 2.36. The van der Waals surface area contributed by atoms with Gasteiger partial charge in [-0.3, -0.25) is 9.59 Å². The van der Waals surface area contributed by atoms with Gasteiger partial charge in [0.2, 0.25) is 17.8 Å². The van der Waals surface area contributed by atoms with Crippen LogP contribution in [0, 0.1) is 6.92 Å². The van der Waals surface area contributed by atoms with Crippen LogP contribution in [0.25, 0.3) is 22.1 Å². The van der Waals surface area contributed by atoms with Gasteiger partial charge in [0, 0.05) is 104 Å². The first-order valence-corrected chi connectivity index (χ1v) is 26.9. The predicted octanol–water partition coefficient (Wildman–Crippen LogP) is 9.38. The largest absolute Gasteiger partial charge is 0.416 e. The normalized spacial score (nSPS) is 15.8. The monoisotopic (exact) mass is 1160 g/mol. The molecule has 4 aromatic carbocycles. The molecule has 436 valence electrons. The Morgan fingerprint density at radius 3 is 1.73 bits per heavy atom. The second-order valence-corrected chi connectivity index (χ2v) is 20.4. The number of benzene rings is 4. The van der Waals surface area contributed by atoms with Crippen molar-refractivity contribution in [2.75, 3.05) is 86.3 Å². The molecule has 28 heteroatoms. The molecule has 0 radical (unpaired) electrons. The fourth-order valence-corrected chi connectivity index (χ4v) is 10.0. The molecule has 22 nitrogen and oxygen atoms in total. The van der Waals surface area contributed by atoms with Gasteiger partial charge in [0.05, 0.1) is 11.1 Å². The average Bonchev–Trinajstić information content (AvgIpc) is 2.36. The van der Waals surface area contributed by atoms with Crippen LogP contribution in [-0.2, 0) is 18.9 Å². The van der Waals surface area contributed by atoms with Crippen molar-refractivity contribution >= 4 is 97.7 Å². The number of nitrogens with two attached hydrogens (primary N) is 1. The van der Waals surface area contributed by atoms with E-state index in [0.717, 1.165) is 35.9 Å². The molecule has 8 N–H and O–H groups in total. The number of halogens is 6. The summed E-state index contributed by atoms with van der Waals surface area (Å²) < 4.78 is 82.0. The van der Waals surface area contributed by atoms with Gasteiger partial charge < -0.3 is 52.3 Å². The number of nitrogen functional groups attached to an aromatic ring is 1. The first-order valence-electron chi connectivity index (χ1n) is 26.9. The summed E-state index contributed by atoms with van der Waals surface area (Å²) in [5, 5.41) is 19.1. The summed E-state index contributed by atoms with van der Waals surface area (Å²) in [5.41, 5.74) is 8.00. The molecule has 2 amide bonds. The van der Waals surface area contributed by atoms with Crippen LogP contribution in [0.4, 0.5) is 90.2 Å². The molecule has 2 aliphatic rings. The molecule has 2 fully saturated rings. The Morgan fingerprint density at radius 2 is 1.12 bits per heavy atom. The number of aryl methyl sites for hydroxylation is 1. The fraction of sp³-hybridized carbons (Fsp3) is 0.263. The summed E-state index contributed by atoms with van der Waals surface area (Å²) in [7, 11) is 0. The maximum Gasteiger partial charge on any atom is 0.416 e. The third-order valence-electron chi connectivity index (χ3n) is 14.1. The van der Waals surface area contributed by atoms with Crippen molar-refractivity contribution in [2.24, 2.45) is 0 Å². The number of fused-ring (bicyclic) bond motifs is 2. The minimum atomic E-state index is -4.68. The second-order valence-electron chi connectivity index (χ2n) is 20.4. The summed E-state index contributed by atoms with van der Waals surface area (Å²) in [5.74, 6) is 0.590. The lowest BCUT2D eigenvalue weighted by Gasteiger charge is -2.36. The number of aromatic nitrogens is 10. The van der Waals surface area contributed by atoms with Crippen LogP contribution in [0.15, 0.2) is 116 Å². The van der Waals surface area contributed by atoms with Gasteiger partial charge in [-0.05, 0) is 105 Å². The Kier molecular flexibility index (Phi) is 15.8. The standard InChI is InChI=1S/C57H54F6N20O2/c1-31-12-14-39(73-51(84)34-8-4-10-37(22-34)56(58,59)60)24-41(31)75-50-46-44(69-30-71-50)48(80-55(78-46)82-19-7-18-81(20-21-82)53-65-16-6-17-66-53)67-26-36-13-15-40(74-52(85)35-9-5-11-38(23-35)57(61,62)63)25-42(36)76-49-45-43(68-29-70-49)47(64)79-54(77-45)83-27-32(2)72-33(3)28-83/h4-6,8-17,22-25,29-30,32-33,72H,7,18-21,26-28H2,1-3H3,(H,73,84)(H,74,85)(H2,64,77,79)(H,67,78,80)(H,68,70,76)(H,69,71,75). The van der Waals surface area contributed by atoms with Crippen molar-refractivity contribution in [3.8, 4) is 0 Å². The van der Waals surface area contributed by atoms with Crippen LogP contribution < -0.4 is 52.3 Å². The molecule has 11 rings (SSSR count). The van der Waals surface area contributed by atoms with Gasteiger partial charge in [-0.2, -0.15) is 36.3 Å². The van der Waals surface area contributed by atoms with Crippen LogP contribution in [0.1, 0.15) is 63.2 Å². The number of rotatable bonds is 14. The van der Waals surface area contributed by atoms with Gasteiger partial charge in [-0.25, -0.2) is 39.9 Å². The number of alkyl halides is 6. The molecule has 2 aliphatic heterocycles. The molecular weight excluding hydrogens is 1110 g/mol. The lowest BCUT2D eigenvalue weighted by molar-refractivity contribution is -0.138. The topological polar surface area (TPSA) is 271 Å². The number of amides is 2. The molecule has 0 bridgehead atoms. The summed E-state index contributed by atoms with van der Waals surface area (Å²) in [6.07, 6.45) is -2.65. The number of anilines is 11. The zero-order valence-corrected chi connectivity index (χ0v) is 45.8. The van der Waals surface area contributed by atoms with E-state index >= 15 is 0 Å². The molecule has 7 heterocycles. The summed E-state index contributed by atoms with van der Waals surface area (Å²) in [6.45, 7) is 9.32. The minimum Gasteiger partial charge on any atom is -0.382 e. The van der Waals surface area contributed by atoms with Crippen LogP contribution in [0.3, 0.4) is 0 Å².